The van der Waals surface area contributed by atoms with Crippen LogP contribution in [0.4, 0.5) is 10.5 Å². The number of phenols is 1. The predicted molar refractivity (Wildman–Crippen MR) is 88.0 cm³/mol. The number of rotatable bonds is 3. The predicted octanol–water partition coefficient (Wildman–Crippen LogP) is 3.13. The van der Waals surface area contributed by atoms with Crippen LogP contribution in [0.1, 0.15) is 6.92 Å². The summed E-state index contributed by atoms with van der Waals surface area (Å²) in [6.07, 6.45) is 2.11. The summed E-state index contributed by atoms with van der Waals surface area (Å²) in [5, 5.41) is 12.2. The van der Waals surface area contributed by atoms with Gasteiger partial charge in [0.15, 0.2) is 11.1 Å². The van der Waals surface area contributed by atoms with Crippen LogP contribution in [0.25, 0.3) is 22.2 Å². The molecule has 0 atom stereocenters. The summed E-state index contributed by atoms with van der Waals surface area (Å²) in [6, 6.07) is 7.56. The Morgan fingerprint density at radius 2 is 2.17 bits per heavy atom. The van der Waals surface area contributed by atoms with Crippen molar-refractivity contribution in [1.29, 1.82) is 0 Å². The molecular formula is C17H14N2O5. The molecule has 2 heterocycles. The Kier molecular flexibility index (Phi) is 4.15. The number of benzene rings is 1. The quantitative estimate of drug-likeness (QED) is 0.766. The maximum atomic E-state index is 12.6. The molecule has 1 amide bonds. The smallest absolute Gasteiger partial charge is 0.411 e. The van der Waals surface area contributed by atoms with Gasteiger partial charge in [-0.05, 0) is 31.2 Å². The van der Waals surface area contributed by atoms with E-state index in [2.05, 4.69) is 10.3 Å². The molecule has 2 N–H and O–H groups in total. The van der Waals surface area contributed by atoms with Gasteiger partial charge in [-0.25, -0.2) is 9.78 Å². The number of ether oxygens (including phenoxy) is 1. The number of hydrogen-bond donors (Lipinski definition) is 2. The minimum atomic E-state index is -0.687. The standard InChI is InChI=1S/C17H14N2O5/c1-2-23-17(22)19-13-8-10(20)5-6-11(13)12-9-24-14-4-3-7-18-15(14)16(12)21/h3-9,20H,2H2,1H3,(H,19,22). The lowest BCUT2D eigenvalue weighted by Crippen LogP contribution is -2.15. The highest BCUT2D eigenvalue weighted by molar-refractivity contribution is 5.93. The molecule has 0 aliphatic heterocycles. The van der Waals surface area contributed by atoms with Crippen LogP contribution < -0.4 is 10.7 Å². The van der Waals surface area contributed by atoms with E-state index in [0.29, 0.717) is 11.1 Å². The van der Waals surface area contributed by atoms with Crippen LogP contribution in [0.2, 0.25) is 0 Å². The maximum absolute atomic E-state index is 12.6. The van der Waals surface area contributed by atoms with E-state index in [-0.39, 0.29) is 34.6 Å². The topological polar surface area (TPSA) is 102 Å². The minimum absolute atomic E-state index is 0.0612. The monoisotopic (exact) mass is 326 g/mol. The van der Waals surface area contributed by atoms with Crippen LogP contribution in [0.5, 0.6) is 5.75 Å². The second-order valence-electron chi connectivity index (χ2n) is 4.90. The highest BCUT2D eigenvalue weighted by atomic mass is 16.5. The van der Waals surface area contributed by atoms with Crippen LogP contribution >= 0.6 is 0 Å². The van der Waals surface area contributed by atoms with E-state index in [4.69, 9.17) is 9.15 Å². The van der Waals surface area contributed by atoms with Crippen molar-refractivity contribution in [3.05, 3.63) is 53.0 Å². The van der Waals surface area contributed by atoms with E-state index < -0.39 is 6.09 Å². The molecule has 7 heteroatoms. The fourth-order valence-electron chi connectivity index (χ4n) is 2.29. The Hall–Kier alpha value is -3.35. The van der Waals surface area contributed by atoms with E-state index in [1.54, 1.807) is 19.1 Å². The van der Waals surface area contributed by atoms with Gasteiger partial charge in [0.25, 0.3) is 0 Å². The lowest BCUT2D eigenvalue weighted by atomic mass is 10.0. The average molecular weight is 326 g/mol. The highest BCUT2D eigenvalue weighted by Gasteiger charge is 2.15. The lowest BCUT2D eigenvalue weighted by Gasteiger charge is -2.11. The van der Waals surface area contributed by atoms with E-state index in [9.17, 15) is 14.7 Å². The van der Waals surface area contributed by atoms with Crippen molar-refractivity contribution in [2.45, 2.75) is 6.92 Å². The first-order chi connectivity index (χ1) is 11.6. The van der Waals surface area contributed by atoms with Crippen molar-refractivity contribution >= 4 is 22.9 Å². The Bertz CT molecular complexity index is 965. The second-order valence-corrected chi connectivity index (χ2v) is 4.90. The van der Waals surface area contributed by atoms with Gasteiger partial charge in [-0.2, -0.15) is 0 Å². The molecule has 24 heavy (non-hydrogen) atoms. The average Bonchev–Trinajstić information content (AvgIpc) is 2.56. The molecule has 2 aromatic heterocycles. The number of nitrogens with one attached hydrogen (secondary N) is 1. The van der Waals surface area contributed by atoms with E-state index in [0.717, 1.165) is 0 Å². The summed E-state index contributed by atoms with van der Waals surface area (Å²) in [5.74, 6) is -0.0612. The summed E-state index contributed by atoms with van der Waals surface area (Å²) in [5.41, 5.74) is 1.05. The Morgan fingerprint density at radius 1 is 1.33 bits per heavy atom. The van der Waals surface area contributed by atoms with Gasteiger partial charge >= 0.3 is 6.09 Å². The molecule has 0 spiro atoms. The van der Waals surface area contributed by atoms with Gasteiger partial charge in [0.2, 0.25) is 5.43 Å². The summed E-state index contributed by atoms with van der Waals surface area (Å²) < 4.78 is 10.3. The third-order valence-electron chi connectivity index (χ3n) is 3.34. The van der Waals surface area contributed by atoms with Gasteiger partial charge in [-0.1, -0.05) is 0 Å². The molecule has 0 unspecified atom stereocenters. The fourth-order valence-corrected chi connectivity index (χ4v) is 2.29. The van der Waals surface area contributed by atoms with E-state index >= 15 is 0 Å². The number of phenolic OH excluding ortho intramolecular Hbond substituents is 1. The molecule has 0 saturated heterocycles. The molecule has 7 nitrogen and oxygen atoms in total. The first-order valence-electron chi connectivity index (χ1n) is 7.24. The van der Waals surface area contributed by atoms with Gasteiger partial charge in [0.1, 0.15) is 12.0 Å². The third kappa shape index (κ3) is 2.91. The van der Waals surface area contributed by atoms with Crippen molar-refractivity contribution in [2.75, 3.05) is 11.9 Å². The largest absolute Gasteiger partial charge is 0.508 e. The number of amides is 1. The second kappa shape index (κ2) is 6.41. The van der Waals surface area contributed by atoms with E-state index in [1.165, 1.54) is 30.7 Å². The number of carbonyl (C=O) groups is 1. The van der Waals surface area contributed by atoms with Crippen molar-refractivity contribution < 1.29 is 19.1 Å². The zero-order valence-corrected chi connectivity index (χ0v) is 12.8. The Morgan fingerprint density at radius 3 is 2.96 bits per heavy atom. The van der Waals surface area contributed by atoms with Crippen LogP contribution in [-0.2, 0) is 4.74 Å². The molecule has 1 aromatic carbocycles. The molecule has 0 aliphatic carbocycles. The zero-order chi connectivity index (χ0) is 17.1. The van der Waals surface area contributed by atoms with Crippen LogP contribution in [-0.4, -0.2) is 22.8 Å². The minimum Gasteiger partial charge on any atom is -0.508 e. The van der Waals surface area contributed by atoms with Gasteiger partial charge < -0.3 is 14.3 Å². The van der Waals surface area contributed by atoms with Crippen molar-refractivity contribution in [2.24, 2.45) is 0 Å². The number of anilines is 1. The fraction of sp³-hybridized carbons (Fsp3) is 0.118. The van der Waals surface area contributed by atoms with Gasteiger partial charge in [0.05, 0.1) is 17.9 Å². The van der Waals surface area contributed by atoms with Gasteiger partial charge in [-0.15, -0.1) is 0 Å². The molecule has 0 bridgehead atoms. The third-order valence-corrected chi connectivity index (χ3v) is 3.34. The Labute approximate surface area is 136 Å². The molecule has 0 aliphatic rings. The van der Waals surface area contributed by atoms with E-state index in [1.807, 2.05) is 0 Å². The molecule has 0 saturated carbocycles. The Balaban J connectivity index is 2.14. The number of aromatic hydroxyl groups is 1. The highest BCUT2D eigenvalue weighted by Crippen LogP contribution is 2.30. The number of pyridine rings is 1. The molecule has 3 rings (SSSR count). The lowest BCUT2D eigenvalue weighted by molar-refractivity contribution is 0.168. The zero-order valence-electron chi connectivity index (χ0n) is 12.8. The van der Waals surface area contributed by atoms with Crippen LogP contribution in [0.3, 0.4) is 0 Å². The van der Waals surface area contributed by atoms with Gasteiger partial charge in [-0.3, -0.25) is 10.1 Å². The van der Waals surface area contributed by atoms with Crippen molar-refractivity contribution in [1.82, 2.24) is 4.98 Å². The summed E-state index contributed by atoms with van der Waals surface area (Å²) in [6.45, 7) is 1.87. The summed E-state index contributed by atoms with van der Waals surface area (Å²) >= 11 is 0. The summed E-state index contributed by atoms with van der Waals surface area (Å²) in [4.78, 5) is 28.4. The van der Waals surface area contributed by atoms with Crippen molar-refractivity contribution in [3.63, 3.8) is 0 Å². The maximum Gasteiger partial charge on any atom is 0.411 e. The molecular weight excluding hydrogens is 312 g/mol. The van der Waals surface area contributed by atoms with Crippen LogP contribution in [0.15, 0.2) is 52.0 Å². The number of carbonyl (C=O) groups excluding carboxylic acids is 1. The first kappa shape index (κ1) is 15.5. The normalized spacial score (nSPS) is 10.5. The molecule has 0 radical (unpaired) electrons. The molecule has 0 fully saturated rings. The first-order valence-corrected chi connectivity index (χ1v) is 7.24. The van der Waals surface area contributed by atoms with Crippen molar-refractivity contribution in [3.8, 4) is 16.9 Å². The van der Waals surface area contributed by atoms with Crippen LogP contribution in [0, 0.1) is 0 Å². The molecule has 3 aromatic rings. The number of aromatic nitrogens is 1. The number of hydrogen-bond acceptors (Lipinski definition) is 6. The number of nitrogens with zero attached hydrogens (tertiary/aromatic N) is 1. The number of fused-ring (bicyclic) bond motifs is 1. The SMILES string of the molecule is CCOC(=O)Nc1cc(O)ccc1-c1coc2cccnc2c1=O. The molecule has 122 valence electrons. The van der Waals surface area contributed by atoms with Gasteiger partial charge in [0, 0.05) is 17.8 Å². The summed E-state index contributed by atoms with van der Waals surface area (Å²) in [7, 11) is 0.